The Kier molecular flexibility index (Phi) is 5.58. The maximum atomic E-state index is 12.4. The number of hydrogen-bond acceptors (Lipinski definition) is 2. The number of hydrogen-bond donors (Lipinski definition) is 0. The molecule has 0 N–H and O–H groups in total. The molecule has 0 amide bonds. The first-order chi connectivity index (χ1) is 11.2. The second-order valence-corrected chi connectivity index (χ2v) is 7.20. The normalized spacial score (nSPS) is 26.7. The van der Waals surface area contributed by atoms with Crippen LogP contribution in [0.4, 0.5) is 4.39 Å². The van der Waals surface area contributed by atoms with Gasteiger partial charge in [-0.05, 0) is 74.4 Å². The largest absolute Gasteiger partial charge is 0.491 e. The quantitative estimate of drug-likeness (QED) is 0.761. The number of alkyl halides is 1. The second kappa shape index (κ2) is 7.65. The molecule has 2 nitrogen and oxygen atoms in total. The van der Waals surface area contributed by atoms with E-state index in [9.17, 15) is 4.39 Å². The van der Waals surface area contributed by atoms with Gasteiger partial charge >= 0.3 is 0 Å². The lowest BCUT2D eigenvalue weighted by Gasteiger charge is -2.46. The molecule has 0 bridgehead atoms. The predicted octanol–water partition coefficient (Wildman–Crippen LogP) is 4.58. The lowest BCUT2D eigenvalue weighted by atomic mass is 9.65. The summed E-state index contributed by atoms with van der Waals surface area (Å²) in [5.74, 6) is 2.26. The smallest absolute Gasteiger partial charge is 0.123 e. The van der Waals surface area contributed by atoms with Gasteiger partial charge < -0.3 is 9.64 Å². The summed E-state index contributed by atoms with van der Waals surface area (Å²) < 4.78 is 17.9. The van der Waals surface area contributed by atoms with Crippen LogP contribution in [-0.2, 0) is 6.42 Å². The third-order valence-corrected chi connectivity index (χ3v) is 5.75. The standard InChI is InChI=1S/C20H30FNO/c1-3-11-22(2)20-13-15-8-9-16(23-12-10-21)14-19(15)17-6-4-5-7-18(17)20/h8-9,14,17-18,20H,3-7,10-13H2,1-2H3/t17?,18-,20-/m0/s1. The molecule has 0 aliphatic heterocycles. The second-order valence-electron chi connectivity index (χ2n) is 7.20. The van der Waals surface area contributed by atoms with E-state index >= 15 is 0 Å². The molecule has 0 heterocycles. The van der Waals surface area contributed by atoms with Crippen LogP contribution in [0.15, 0.2) is 18.2 Å². The van der Waals surface area contributed by atoms with Gasteiger partial charge in [0, 0.05) is 6.04 Å². The fourth-order valence-electron chi connectivity index (χ4n) is 4.73. The molecular formula is C20H30FNO. The van der Waals surface area contributed by atoms with E-state index in [1.54, 1.807) is 0 Å². The summed E-state index contributed by atoms with van der Waals surface area (Å²) in [4.78, 5) is 2.58. The molecule has 1 aromatic carbocycles. The summed E-state index contributed by atoms with van der Waals surface area (Å²) in [7, 11) is 2.30. The van der Waals surface area contributed by atoms with Crippen LogP contribution in [-0.4, -0.2) is 37.8 Å². The lowest BCUT2D eigenvalue weighted by Crippen LogP contribution is -2.46. The summed E-state index contributed by atoms with van der Waals surface area (Å²) >= 11 is 0. The third-order valence-electron chi connectivity index (χ3n) is 5.75. The van der Waals surface area contributed by atoms with Crippen LogP contribution in [0.3, 0.4) is 0 Å². The van der Waals surface area contributed by atoms with E-state index in [0.717, 1.165) is 18.1 Å². The Morgan fingerprint density at radius 3 is 2.87 bits per heavy atom. The average Bonchev–Trinajstić information content (AvgIpc) is 2.59. The molecule has 0 radical (unpaired) electrons. The van der Waals surface area contributed by atoms with E-state index in [-0.39, 0.29) is 6.61 Å². The molecule has 0 spiro atoms. The highest BCUT2D eigenvalue weighted by molar-refractivity contribution is 5.41. The molecule has 1 unspecified atom stereocenters. The number of likely N-dealkylation sites (N-methyl/N-ethyl adjacent to an activating group) is 1. The molecular weight excluding hydrogens is 289 g/mol. The Hall–Kier alpha value is -1.09. The lowest BCUT2D eigenvalue weighted by molar-refractivity contribution is 0.115. The highest BCUT2D eigenvalue weighted by Crippen LogP contribution is 2.47. The van der Waals surface area contributed by atoms with E-state index < -0.39 is 6.67 Å². The van der Waals surface area contributed by atoms with Gasteiger partial charge in [-0.3, -0.25) is 0 Å². The van der Waals surface area contributed by atoms with Crippen molar-refractivity contribution >= 4 is 0 Å². The number of fused-ring (bicyclic) bond motifs is 3. The molecule has 1 fully saturated rings. The number of nitrogens with zero attached hydrogens (tertiary/aromatic N) is 1. The molecule has 1 aromatic rings. The summed E-state index contributed by atoms with van der Waals surface area (Å²) in [5.41, 5.74) is 2.96. The van der Waals surface area contributed by atoms with Gasteiger partial charge in [-0.25, -0.2) is 4.39 Å². The summed E-state index contributed by atoms with van der Waals surface area (Å²) in [6, 6.07) is 7.12. The van der Waals surface area contributed by atoms with E-state index in [2.05, 4.69) is 31.0 Å². The van der Waals surface area contributed by atoms with Crippen molar-refractivity contribution in [1.82, 2.24) is 4.90 Å². The molecule has 23 heavy (non-hydrogen) atoms. The van der Waals surface area contributed by atoms with E-state index in [1.165, 1.54) is 49.8 Å². The highest BCUT2D eigenvalue weighted by atomic mass is 19.1. The van der Waals surface area contributed by atoms with Crippen LogP contribution >= 0.6 is 0 Å². The van der Waals surface area contributed by atoms with Gasteiger partial charge in [0.1, 0.15) is 19.0 Å². The molecule has 2 aliphatic carbocycles. The van der Waals surface area contributed by atoms with Gasteiger partial charge in [-0.2, -0.15) is 0 Å². The van der Waals surface area contributed by atoms with Crippen molar-refractivity contribution in [2.24, 2.45) is 5.92 Å². The van der Waals surface area contributed by atoms with Crippen LogP contribution in [0.2, 0.25) is 0 Å². The first kappa shape index (κ1) is 16.8. The van der Waals surface area contributed by atoms with Crippen molar-refractivity contribution in [3.63, 3.8) is 0 Å². The number of rotatable bonds is 6. The van der Waals surface area contributed by atoms with Gasteiger partial charge in [0.15, 0.2) is 0 Å². The molecule has 0 saturated heterocycles. The van der Waals surface area contributed by atoms with Gasteiger partial charge in [-0.15, -0.1) is 0 Å². The zero-order chi connectivity index (χ0) is 16.2. The van der Waals surface area contributed by atoms with E-state index in [0.29, 0.717) is 12.0 Å². The van der Waals surface area contributed by atoms with Gasteiger partial charge in [-0.1, -0.05) is 25.8 Å². The van der Waals surface area contributed by atoms with Crippen molar-refractivity contribution in [3.05, 3.63) is 29.3 Å². The predicted molar refractivity (Wildman–Crippen MR) is 93.0 cm³/mol. The zero-order valence-electron chi connectivity index (χ0n) is 14.6. The van der Waals surface area contributed by atoms with Gasteiger partial charge in [0.05, 0.1) is 0 Å². The van der Waals surface area contributed by atoms with Crippen LogP contribution < -0.4 is 4.74 Å². The Bertz CT molecular complexity index is 518. The summed E-state index contributed by atoms with van der Waals surface area (Å²) in [6.45, 7) is 3.18. The topological polar surface area (TPSA) is 12.5 Å². The summed E-state index contributed by atoms with van der Waals surface area (Å²) in [6.07, 6.45) is 7.70. The monoisotopic (exact) mass is 319 g/mol. The Labute approximate surface area is 140 Å². The zero-order valence-corrected chi connectivity index (χ0v) is 14.6. The fraction of sp³-hybridized carbons (Fsp3) is 0.700. The molecule has 0 aromatic heterocycles. The first-order valence-electron chi connectivity index (χ1n) is 9.26. The van der Waals surface area contributed by atoms with Crippen molar-refractivity contribution < 1.29 is 9.13 Å². The minimum atomic E-state index is -0.424. The maximum absolute atomic E-state index is 12.4. The third kappa shape index (κ3) is 3.55. The molecule has 3 heteroatoms. The maximum Gasteiger partial charge on any atom is 0.123 e. The van der Waals surface area contributed by atoms with E-state index in [1.807, 2.05) is 6.07 Å². The Morgan fingerprint density at radius 2 is 2.09 bits per heavy atom. The van der Waals surface area contributed by atoms with Crippen molar-refractivity contribution in [3.8, 4) is 5.75 Å². The minimum Gasteiger partial charge on any atom is -0.491 e. The minimum absolute atomic E-state index is 0.161. The van der Waals surface area contributed by atoms with Crippen LogP contribution in [0, 0.1) is 5.92 Å². The molecule has 2 aliphatic rings. The number of halogens is 1. The van der Waals surface area contributed by atoms with Crippen molar-refractivity contribution in [2.45, 2.75) is 57.4 Å². The van der Waals surface area contributed by atoms with Crippen LogP contribution in [0.25, 0.3) is 0 Å². The molecule has 1 saturated carbocycles. The average molecular weight is 319 g/mol. The Morgan fingerprint density at radius 1 is 1.26 bits per heavy atom. The van der Waals surface area contributed by atoms with Crippen molar-refractivity contribution in [1.29, 1.82) is 0 Å². The van der Waals surface area contributed by atoms with Crippen LogP contribution in [0.1, 0.15) is 56.1 Å². The first-order valence-corrected chi connectivity index (χ1v) is 9.26. The number of ether oxygens (including phenoxy) is 1. The fourth-order valence-corrected chi connectivity index (χ4v) is 4.73. The number of benzene rings is 1. The highest BCUT2D eigenvalue weighted by Gasteiger charge is 2.39. The molecule has 3 rings (SSSR count). The van der Waals surface area contributed by atoms with Gasteiger partial charge in [0.25, 0.3) is 0 Å². The van der Waals surface area contributed by atoms with Gasteiger partial charge in [0.2, 0.25) is 0 Å². The van der Waals surface area contributed by atoms with Crippen LogP contribution in [0.5, 0.6) is 5.75 Å². The SMILES string of the molecule is CCCN(C)[C@H]1Cc2ccc(OCCF)cc2C2CCCC[C@@H]21. The molecule has 128 valence electrons. The summed E-state index contributed by atoms with van der Waals surface area (Å²) in [5, 5.41) is 0. The molecule has 3 atom stereocenters. The van der Waals surface area contributed by atoms with E-state index in [4.69, 9.17) is 4.74 Å². The Balaban J connectivity index is 1.87. The van der Waals surface area contributed by atoms with Crippen molar-refractivity contribution in [2.75, 3.05) is 26.9 Å².